The third-order valence-electron chi connectivity index (χ3n) is 4.86. The van der Waals surface area contributed by atoms with E-state index in [4.69, 9.17) is 10.2 Å². The fourth-order valence-corrected chi connectivity index (χ4v) is 3.15. The molecule has 0 aromatic heterocycles. The van der Waals surface area contributed by atoms with Gasteiger partial charge in [-0.25, -0.2) is 19.2 Å². The van der Waals surface area contributed by atoms with Gasteiger partial charge >= 0.3 is 23.9 Å². The molecule has 6 N–H and O–H groups in total. The van der Waals surface area contributed by atoms with Crippen molar-refractivity contribution in [1.29, 1.82) is 0 Å². The predicted molar refractivity (Wildman–Crippen MR) is 123 cm³/mol. The maximum absolute atomic E-state index is 12.9. The Morgan fingerprint density at radius 2 is 0.944 bits per heavy atom. The summed E-state index contributed by atoms with van der Waals surface area (Å²) in [7, 11) is 0. The Hall–Kier alpha value is -5.52. The minimum absolute atomic E-state index is 0.0167. The second-order valence-electron chi connectivity index (χ2n) is 7.23. The molecule has 0 bridgehead atoms. The highest BCUT2D eigenvalue weighted by Gasteiger charge is 2.26. The fourth-order valence-electron chi connectivity index (χ4n) is 3.15. The van der Waals surface area contributed by atoms with Crippen molar-refractivity contribution in [3.63, 3.8) is 0 Å². The van der Waals surface area contributed by atoms with Crippen molar-refractivity contribution < 1.29 is 49.2 Å². The SMILES string of the molecule is O=C(O)c1ccc(NC(=O)c2cc(C(=O)Nc3cccc(C(=O)O)c3)c(C(=O)O)cc2C(=O)O)cc1. The van der Waals surface area contributed by atoms with Gasteiger partial charge in [0.05, 0.1) is 33.4 Å². The molecule has 2 amide bonds. The van der Waals surface area contributed by atoms with Gasteiger partial charge < -0.3 is 31.1 Å². The summed E-state index contributed by atoms with van der Waals surface area (Å²) in [5.74, 6) is -7.78. The molecule has 0 fully saturated rings. The van der Waals surface area contributed by atoms with Crippen LogP contribution in [0.15, 0.2) is 60.7 Å². The number of carboxylic acid groups (broad SMARTS) is 4. The van der Waals surface area contributed by atoms with Crippen LogP contribution in [-0.2, 0) is 0 Å². The van der Waals surface area contributed by atoms with Gasteiger partial charge in [-0.05, 0) is 54.6 Å². The van der Waals surface area contributed by atoms with Gasteiger partial charge in [-0.2, -0.15) is 0 Å². The highest BCUT2D eigenvalue weighted by Crippen LogP contribution is 2.22. The number of hydrogen-bond acceptors (Lipinski definition) is 6. The lowest BCUT2D eigenvalue weighted by molar-refractivity contribution is 0.0678. The normalized spacial score (nSPS) is 10.2. The summed E-state index contributed by atoms with van der Waals surface area (Å²) in [5, 5.41) is 41.8. The maximum atomic E-state index is 12.9. The monoisotopic (exact) mass is 492 g/mol. The molecule has 0 heterocycles. The summed E-state index contributed by atoms with van der Waals surface area (Å²) in [4.78, 5) is 71.4. The average Bonchev–Trinajstić information content (AvgIpc) is 2.83. The lowest BCUT2D eigenvalue weighted by Gasteiger charge is -2.13. The fraction of sp³-hybridized carbons (Fsp3) is 0. The first-order valence-electron chi connectivity index (χ1n) is 9.92. The van der Waals surface area contributed by atoms with E-state index in [1.165, 1.54) is 42.5 Å². The van der Waals surface area contributed by atoms with Crippen LogP contribution in [0.5, 0.6) is 0 Å². The van der Waals surface area contributed by atoms with E-state index in [1.807, 2.05) is 0 Å². The number of benzene rings is 3. The van der Waals surface area contributed by atoms with E-state index in [0.717, 1.165) is 12.1 Å². The highest BCUT2D eigenvalue weighted by molar-refractivity contribution is 6.17. The summed E-state index contributed by atoms with van der Waals surface area (Å²) in [6.45, 7) is 0. The van der Waals surface area contributed by atoms with Crippen molar-refractivity contribution in [2.75, 3.05) is 10.6 Å². The Morgan fingerprint density at radius 3 is 1.42 bits per heavy atom. The first kappa shape index (κ1) is 25.1. The second kappa shape index (κ2) is 10.2. The number of aromatic carboxylic acids is 4. The van der Waals surface area contributed by atoms with Crippen molar-refractivity contribution in [3.8, 4) is 0 Å². The summed E-state index contributed by atoms with van der Waals surface area (Å²) in [6.07, 6.45) is 0. The van der Waals surface area contributed by atoms with Crippen LogP contribution >= 0.6 is 0 Å². The Kier molecular flexibility index (Phi) is 7.10. The van der Waals surface area contributed by atoms with Crippen molar-refractivity contribution in [2.45, 2.75) is 0 Å². The zero-order chi connectivity index (χ0) is 26.6. The third kappa shape index (κ3) is 5.51. The Labute approximate surface area is 201 Å². The maximum Gasteiger partial charge on any atom is 0.336 e. The lowest BCUT2D eigenvalue weighted by atomic mass is 9.96. The largest absolute Gasteiger partial charge is 0.478 e. The zero-order valence-electron chi connectivity index (χ0n) is 18.0. The van der Waals surface area contributed by atoms with E-state index in [9.17, 15) is 39.0 Å². The minimum atomic E-state index is -1.64. The number of amides is 2. The molecule has 0 aliphatic rings. The molecule has 3 aromatic rings. The van der Waals surface area contributed by atoms with E-state index < -0.39 is 57.9 Å². The van der Waals surface area contributed by atoms with Gasteiger partial charge in [-0.1, -0.05) is 6.07 Å². The summed E-state index contributed by atoms with van der Waals surface area (Å²) >= 11 is 0. The van der Waals surface area contributed by atoms with Crippen LogP contribution in [0.25, 0.3) is 0 Å². The number of carboxylic acids is 4. The molecule has 12 nitrogen and oxygen atoms in total. The summed E-state index contributed by atoms with van der Waals surface area (Å²) in [6, 6.07) is 11.5. The topological polar surface area (TPSA) is 207 Å². The van der Waals surface area contributed by atoms with E-state index in [-0.39, 0.29) is 22.5 Å². The van der Waals surface area contributed by atoms with E-state index in [1.54, 1.807) is 0 Å². The number of carbonyl (C=O) groups excluding carboxylic acids is 2. The van der Waals surface area contributed by atoms with Gasteiger partial charge in [0, 0.05) is 11.4 Å². The molecule has 0 spiro atoms. The summed E-state index contributed by atoms with van der Waals surface area (Å²) in [5.41, 5.74) is -2.59. The minimum Gasteiger partial charge on any atom is -0.478 e. The first-order valence-corrected chi connectivity index (χ1v) is 9.92. The van der Waals surface area contributed by atoms with Crippen molar-refractivity contribution >= 4 is 47.1 Å². The van der Waals surface area contributed by atoms with Crippen LogP contribution in [0.3, 0.4) is 0 Å². The van der Waals surface area contributed by atoms with Gasteiger partial charge in [-0.15, -0.1) is 0 Å². The molecular formula is C24H16N2O10. The molecule has 182 valence electrons. The lowest BCUT2D eigenvalue weighted by Crippen LogP contribution is -2.22. The molecule has 0 radical (unpaired) electrons. The first-order chi connectivity index (χ1) is 17.0. The Morgan fingerprint density at radius 1 is 0.472 bits per heavy atom. The molecular weight excluding hydrogens is 476 g/mol. The molecule has 0 atom stereocenters. The van der Waals surface area contributed by atoms with E-state index >= 15 is 0 Å². The van der Waals surface area contributed by atoms with Crippen LogP contribution in [-0.4, -0.2) is 56.1 Å². The number of rotatable bonds is 8. The van der Waals surface area contributed by atoms with Crippen LogP contribution in [0.1, 0.15) is 62.1 Å². The molecule has 0 unspecified atom stereocenters. The summed E-state index contributed by atoms with van der Waals surface area (Å²) < 4.78 is 0. The van der Waals surface area contributed by atoms with Gasteiger partial charge in [-0.3, -0.25) is 9.59 Å². The predicted octanol–water partition coefficient (Wildman–Crippen LogP) is 2.98. The quantitative estimate of drug-likeness (QED) is 0.271. The molecule has 0 aliphatic heterocycles. The number of carbonyl (C=O) groups is 6. The number of nitrogens with one attached hydrogen (secondary N) is 2. The Balaban J connectivity index is 2.02. The zero-order valence-corrected chi connectivity index (χ0v) is 18.0. The smallest absolute Gasteiger partial charge is 0.336 e. The van der Waals surface area contributed by atoms with E-state index in [2.05, 4.69) is 10.6 Å². The molecule has 0 aliphatic carbocycles. The van der Waals surface area contributed by atoms with Crippen molar-refractivity contribution in [1.82, 2.24) is 0 Å². The molecule has 0 saturated heterocycles. The Bertz CT molecular complexity index is 1430. The number of anilines is 2. The molecule has 3 rings (SSSR count). The van der Waals surface area contributed by atoms with Crippen LogP contribution in [0.4, 0.5) is 11.4 Å². The molecule has 36 heavy (non-hydrogen) atoms. The average molecular weight is 492 g/mol. The standard InChI is InChI=1S/C24H16N2O10/c27-19(25-13-6-4-11(5-7-13)21(29)30)15-9-16(18(24(35)36)10-17(15)23(33)34)20(28)26-14-3-1-2-12(8-14)22(31)32/h1-10H,(H,25,27)(H,26,28)(H,29,30)(H,31,32)(H,33,34)(H,35,36). The van der Waals surface area contributed by atoms with Crippen LogP contribution in [0, 0.1) is 0 Å². The van der Waals surface area contributed by atoms with Crippen LogP contribution < -0.4 is 10.6 Å². The van der Waals surface area contributed by atoms with Gasteiger partial charge in [0.25, 0.3) is 11.8 Å². The molecule has 12 heteroatoms. The van der Waals surface area contributed by atoms with Crippen molar-refractivity contribution in [2.24, 2.45) is 0 Å². The van der Waals surface area contributed by atoms with Crippen LogP contribution in [0.2, 0.25) is 0 Å². The molecule has 0 saturated carbocycles. The highest BCUT2D eigenvalue weighted by atomic mass is 16.4. The van der Waals surface area contributed by atoms with E-state index in [0.29, 0.717) is 6.07 Å². The van der Waals surface area contributed by atoms with Crippen molar-refractivity contribution in [3.05, 3.63) is 94.0 Å². The van der Waals surface area contributed by atoms with Gasteiger partial charge in [0.15, 0.2) is 0 Å². The van der Waals surface area contributed by atoms with Gasteiger partial charge in [0.2, 0.25) is 0 Å². The van der Waals surface area contributed by atoms with Gasteiger partial charge in [0.1, 0.15) is 0 Å². The second-order valence-corrected chi connectivity index (χ2v) is 7.23. The number of hydrogen-bond donors (Lipinski definition) is 6. The third-order valence-corrected chi connectivity index (χ3v) is 4.86. The molecule has 3 aromatic carbocycles.